The van der Waals surface area contributed by atoms with E-state index < -0.39 is 5.97 Å². The van der Waals surface area contributed by atoms with Gasteiger partial charge in [0.2, 0.25) is 0 Å². The fourth-order valence-corrected chi connectivity index (χ4v) is 1.33. The lowest BCUT2D eigenvalue weighted by molar-refractivity contribution is -0.137. The predicted molar refractivity (Wildman–Crippen MR) is 58.1 cm³/mol. The second-order valence-corrected chi connectivity index (χ2v) is 3.62. The molecular formula is C11H21NO2. The van der Waals surface area contributed by atoms with Crippen LogP contribution in [0.3, 0.4) is 0 Å². The first-order chi connectivity index (χ1) is 6.66. The minimum atomic E-state index is -0.757. The van der Waals surface area contributed by atoms with Crippen molar-refractivity contribution in [3.63, 3.8) is 0 Å². The molecule has 1 unspecified atom stereocenters. The molecule has 3 heteroatoms. The molecule has 0 aromatic carbocycles. The van der Waals surface area contributed by atoms with Gasteiger partial charge in [0.25, 0.3) is 0 Å². The number of carbonyl (C=O) groups is 1. The second-order valence-electron chi connectivity index (χ2n) is 3.62. The van der Waals surface area contributed by atoms with E-state index in [0.717, 1.165) is 32.1 Å². The summed E-state index contributed by atoms with van der Waals surface area (Å²) >= 11 is 0. The Morgan fingerprint density at radius 2 is 2.07 bits per heavy atom. The van der Waals surface area contributed by atoms with Crippen molar-refractivity contribution >= 4 is 5.97 Å². The first-order valence-corrected chi connectivity index (χ1v) is 5.25. The number of carboxylic acids is 1. The van der Waals surface area contributed by atoms with Crippen LogP contribution < -0.4 is 5.73 Å². The van der Waals surface area contributed by atoms with Gasteiger partial charge in [-0.2, -0.15) is 0 Å². The summed E-state index contributed by atoms with van der Waals surface area (Å²) in [5.41, 5.74) is 5.75. The molecule has 0 aromatic rings. The van der Waals surface area contributed by atoms with E-state index in [1.807, 2.05) is 6.08 Å². The largest absolute Gasteiger partial charge is 0.481 e. The Balaban J connectivity index is 3.21. The topological polar surface area (TPSA) is 63.3 Å². The number of hydrogen-bond acceptors (Lipinski definition) is 2. The molecule has 14 heavy (non-hydrogen) atoms. The molecule has 0 heterocycles. The summed E-state index contributed by atoms with van der Waals surface area (Å²) in [4.78, 5) is 10.3. The highest BCUT2D eigenvalue weighted by Crippen LogP contribution is 2.08. The van der Waals surface area contributed by atoms with E-state index in [4.69, 9.17) is 10.8 Å². The van der Waals surface area contributed by atoms with E-state index in [1.165, 1.54) is 0 Å². The van der Waals surface area contributed by atoms with Crippen LogP contribution in [0.25, 0.3) is 0 Å². The summed E-state index contributed by atoms with van der Waals surface area (Å²) in [7, 11) is 0. The molecule has 0 bridgehead atoms. The fraction of sp³-hybridized carbons (Fsp3) is 0.727. The van der Waals surface area contributed by atoms with Crippen molar-refractivity contribution in [2.75, 3.05) is 0 Å². The summed E-state index contributed by atoms with van der Waals surface area (Å²) in [6.07, 6.45) is 8.11. The van der Waals surface area contributed by atoms with Crippen LogP contribution in [0, 0.1) is 0 Å². The van der Waals surface area contributed by atoms with Crippen molar-refractivity contribution in [3.05, 3.63) is 12.7 Å². The van der Waals surface area contributed by atoms with Crippen LogP contribution in [-0.4, -0.2) is 17.1 Å². The van der Waals surface area contributed by atoms with Gasteiger partial charge in [0.15, 0.2) is 0 Å². The predicted octanol–water partition coefficient (Wildman–Crippen LogP) is 2.31. The summed E-state index contributed by atoms with van der Waals surface area (Å²) in [6.45, 7) is 3.65. The van der Waals surface area contributed by atoms with Gasteiger partial charge in [-0.1, -0.05) is 18.9 Å². The molecule has 3 N–H and O–H groups in total. The minimum Gasteiger partial charge on any atom is -0.481 e. The molecule has 0 saturated carbocycles. The Labute approximate surface area is 86.0 Å². The zero-order chi connectivity index (χ0) is 10.8. The Bertz CT molecular complexity index is 169. The standard InChI is InChI=1S/C11H21NO2/c1-2-3-4-5-6-7-10(12)8-9-11(13)14/h2,10H,1,3-9,12H2,(H,13,14). The zero-order valence-electron chi connectivity index (χ0n) is 8.74. The highest BCUT2D eigenvalue weighted by atomic mass is 16.4. The molecular weight excluding hydrogens is 178 g/mol. The second kappa shape index (κ2) is 8.75. The van der Waals surface area contributed by atoms with E-state index >= 15 is 0 Å². The Morgan fingerprint density at radius 3 is 2.64 bits per heavy atom. The molecule has 0 saturated heterocycles. The number of nitrogens with two attached hydrogens (primary N) is 1. The smallest absolute Gasteiger partial charge is 0.303 e. The van der Waals surface area contributed by atoms with Gasteiger partial charge in [-0.25, -0.2) is 0 Å². The molecule has 0 aliphatic carbocycles. The lowest BCUT2D eigenvalue weighted by Crippen LogP contribution is -2.20. The van der Waals surface area contributed by atoms with Crippen LogP contribution in [0.15, 0.2) is 12.7 Å². The third kappa shape index (κ3) is 9.26. The van der Waals surface area contributed by atoms with Gasteiger partial charge < -0.3 is 10.8 Å². The average molecular weight is 199 g/mol. The van der Waals surface area contributed by atoms with Gasteiger partial charge in [0.1, 0.15) is 0 Å². The number of allylic oxidation sites excluding steroid dienone is 1. The number of rotatable bonds is 9. The van der Waals surface area contributed by atoms with E-state index in [9.17, 15) is 4.79 Å². The quantitative estimate of drug-likeness (QED) is 0.442. The Kier molecular flexibility index (Phi) is 8.24. The van der Waals surface area contributed by atoms with E-state index in [2.05, 4.69) is 6.58 Å². The molecule has 0 aliphatic rings. The van der Waals surface area contributed by atoms with Crippen LogP contribution in [-0.2, 0) is 4.79 Å². The Morgan fingerprint density at radius 1 is 1.36 bits per heavy atom. The molecule has 0 aromatic heterocycles. The maximum absolute atomic E-state index is 10.3. The monoisotopic (exact) mass is 199 g/mol. The molecule has 3 nitrogen and oxygen atoms in total. The maximum atomic E-state index is 10.3. The molecule has 82 valence electrons. The molecule has 0 aliphatic heterocycles. The third-order valence-corrected chi connectivity index (χ3v) is 2.21. The van der Waals surface area contributed by atoms with Crippen molar-refractivity contribution in [2.24, 2.45) is 5.73 Å². The molecule has 0 radical (unpaired) electrons. The van der Waals surface area contributed by atoms with Crippen molar-refractivity contribution < 1.29 is 9.90 Å². The number of aliphatic carboxylic acids is 1. The molecule has 0 rings (SSSR count). The number of carboxylic acid groups (broad SMARTS) is 1. The van der Waals surface area contributed by atoms with Gasteiger partial charge in [-0.3, -0.25) is 4.79 Å². The summed E-state index contributed by atoms with van der Waals surface area (Å²) in [5, 5.41) is 8.44. The van der Waals surface area contributed by atoms with Gasteiger partial charge in [-0.05, 0) is 25.7 Å². The lowest BCUT2D eigenvalue weighted by Gasteiger charge is -2.09. The normalized spacial score (nSPS) is 12.4. The van der Waals surface area contributed by atoms with Crippen molar-refractivity contribution in [2.45, 2.75) is 51.0 Å². The molecule has 0 fully saturated rings. The average Bonchev–Trinajstić information content (AvgIpc) is 2.14. The van der Waals surface area contributed by atoms with Gasteiger partial charge in [0.05, 0.1) is 0 Å². The van der Waals surface area contributed by atoms with Crippen LogP contribution in [0.5, 0.6) is 0 Å². The SMILES string of the molecule is C=CCCCCCC(N)CCC(=O)O. The highest BCUT2D eigenvalue weighted by molar-refractivity contribution is 5.66. The Hall–Kier alpha value is -0.830. The molecule has 1 atom stereocenters. The number of hydrogen-bond donors (Lipinski definition) is 2. The molecule has 0 spiro atoms. The summed E-state index contributed by atoms with van der Waals surface area (Å²) in [5.74, 6) is -0.757. The van der Waals surface area contributed by atoms with E-state index in [-0.39, 0.29) is 12.5 Å². The van der Waals surface area contributed by atoms with Crippen LogP contribution >= 0.6 is 0 Å². The van der Waals surface area contributed by atoms with Crippen molar-refractivity contribution in [1.29, 1.82) is 0 Å². The van der Waals surface area contributed by atoms with Crippen LogP contribution in [0.4, 0.5) is 0 Å². The zero-order valence-corrected chi connectivity index (χ0v) is 8.74. The first-order valence-electron chi connectivity index (χ1n) is 5.25. The van der Waals surface area contributed by atoms with Crippen molar-refractivity contribution in [1.82, 2.24) is 0 Å². The fourth-order valence-electron chi connectivity index (χ4n) is 1.33. The lowest BCUT2D eigenvalue weighted by atomic mass is 10.0. The number of unbranched alkanes of at least 4 members (excludes halogenated alkanes) is 3. The van der Waals surface area contributed by atoms with Gasteiger partial charge in [0, 0.05) is 12.5 Å². The summed E-state index contributed by atoms with van der Waals surface area (Å²) in [6, 6.07) is 0.0508. The maximum Gasteiger partial charge on any atom is 0.303 e. The van der Waals surface area contributed by atoms with Crippen LogP contribution in [0.2, 0.25) is 0 Å². The third-order valence-electron chi connectivity index (χ3n) is 2.21. The van der Waals surface area contributed by atoms with Gasteiger partial charge in [-0.15, -0.1) is 6.58 Å². The van der Waals surface area contributed by atoms with Gasteiger partial charge >= 0.3 is 5.97 Å². The summed E-state index contributed by atoms with van der Waals surface area (Å²) < 4.78 is 0. The van der Waals surface area contributed by atoms with E-state index in [1.54, 1.807) is 0 Å². The first kappa shape index (κ1) is 13.2. The highest BCUT2D eigenvalue weighted by Gasteiger charge is 2.04. The van der Waals surface area contributed by atoms with Crippen molar-refractivity contribution in [3.8, 4) is 0 Å². The van der Waals surface area contributed by atoms with Crippen LogP contribution in [0.1, 0.15) is 44.9 Å². The van der Waals surface area contributed by atoms with E-state index in [0.29, 0.717) is 6.42 Å². The minimum absolute atomic E-state index is 0.0508. The molecule has 0 amide bonds.